The summed E-state index contributed by atoms with van der Waals surface area (Å²) in [5, 5.41) is 128. The van der Waals surface area contributed by atoms with Crippen LogP contribution in [0.2, 0.25) is 0 Å². The van der Waals surface area contributed by atoms with Gasteiger partial charge in [-0.25, -0.2) is 0 Å². The number of rotatable bonds is 50. The first-order valence-corrected chi connectivity index (χ1v) is 53.0. The highest BCUT2D eigenvalue weighted by Gasteiger charge is 2.30. The molecule has 0 bridgehead atoms. The SMILES string of the molecule is Cc1nnc(Cc2cc(C[C@H](NC(C)C)C(=O)C(C)C)cs2)nn1.Cc1nnc(Cc2ccc(C[C@H](NC(C)C)C(=O)C(C)C)cn2)nn1.Cc1nnc(Cc2sccc2C[C@H](NC(C)C)C(=O)C(C)C)nn1.Cc1nnc(NCc2ccc(C[C@H](NC(C)C)C(=O)C(C)C)cn2)nn1.Cc1nnc(NCc2ccc(C[C@H](NC(C)C)C(=O)C(C)C)nc2)nn1.Cc1nnc(Nc2ccnc(C[C@H](NC(C)C)C(=O)C(C)C)c2)nn1. The molecule has 0 aliphatic heterocycles. The summed E-state index contributed by atoms with van der Waals surface area (Å²) >= 11 is 3.31. The Labute approximate surface area is 890 Å². The van der Waals surface area contributed by atoms with Crippen LogP contribution in [0.3, 0.4) is 0 Å². The summed E-state index contributed by atoms with van der Waals surface area (Å²) in [5.41, 5.74) is 9.53. The van der Waals surface area contributed by atoms with E-state index in [0.717, 1.165) is 66.0 Å². The van der Waals surface area contributed by atoms with Crippen LogP contribution < -0.4 is 47.9 Å². The number of nitrogens with zero attached hydrogens (tertiary/aromatic N) is 28. The third kappa shape index (κ3) is 46.5. The summed E-state index contributed by atoms with van der Waals surface area (Å²) in [5.74, 6) is 7.41. The van der Waals surface area contributed by atoms with Gasteiger partial charge in [0.1, 0.15) is 0 Å². The first-order valence-electron chi connectivity index (χ1n) is 51.2. The minimum atomic E-state index is -0.262. The first-order chi connectivity index (χ1) is 71.1. The van der Waals surface area contributed by atoms with Crippen molar-refractivity contribution in [2.45, 2.75) is 351 Å². The fraction of sp³-hybridized carbons (Fsp3) is 0.562. The monoisotopic (exact) mass is 2090 g/mol. The Morgan fingerprint density at radius 1 is 0.273 bits per heavy atom. The molecule has 12 heterocycles. The molecule has 45 heteroatoms. The van der Waals surface area contributed by atoms with Crippen molar-refractivity contribution in [3.63, 3.8) is 0 Å². The second kappa shape index (κ2) is 63.7. The Balaban J connectivity index is 0.000000243. The van der Waals surface area contributed by atoms with Crippen molar-refractivity contribution in [3.05, 3.63) is 209 Å². The highest BCUT2D eigenvalue weighted by molar-refractivity contribution is 7.10. The molecule has 43 nitrogen and oxygen atoms in total. The summed E-state index contributed by atoms with van der Waals surface area (Å²) in [6.45, 7) is 59.3. The summed E-state index contributed by atoms with van der Waals surface area (Å²) in [6, 6.07) is 20.0. The van der Waals surface area contributed by atoms with E-state index in [1.165, 1.54) is 0 Å². The number of anilines is 4. The number of thiophene rings is 2. The zero-order chi connectivity index (χ0) is 110. The molecule has 9 N–H and O–H groups in total. The molecule has 12 aromatic rings. The second-order valence-corrected chi connectivity index (χ2v) is 42.4. The molecule has 150 heavy (non-hydrogen) atoms. The van der Waals surface area contributed by atoms with E-state index in [9.17, 15) is 28.8 Å². The number of Topliss-reactive ketones (excluding diaryl/α,β-unsaturated/α-hetero) is 6. The fourth-order valence-corrected chi connectivity index (χ4v) is 16.6. The Morgan fingerprint density at radius 3 is 0.953 bits per heavy atom. The standard InChI is InChI=1S/2C18H27N7O.C18H26N6O.C17H25N7O.2C17H25N5OS/c1-11(2)17(26)16(21-12(3)4)8-15-7-6-14(9-19-15)10-20-18-24-22-13(5)23-25-18;1-11(2)17(26)16(21-12(3)4)8-14-6-7-15(19-9-14)10-20-18-24-22-13(5)23-25-18;1-11(2)18(25)16(20-12(3)4)8-14-6-7-15(19-10-14)9-17-23-21-13(5)22-24-17;1-10(2)16(25)15(19-11(3)4)9-14-8-13(6-7-18-14)20-17-23-21-12(5)22-24-17;1-10(2)17(23)15(18-11(3)4)7-13-6-14(24-9-13)8-16-21-19-12(5)20-22-16;1-10(2)17(23)14(18-11(3)4)8-13-6-7-24-15(13)9-16-21-19-12(5)20-22-16/h2*6-7,9,11-12,16,21H,8,10H2,1-5H3,(H,20,24,25);6-7,10-12,16,20H,8-9H2,1-5H3;6-8,10-11,15,19H,9H2,1-5H3,(H,18,20,23,24);6,9-11,15,18H,7-8H2,1-5H3;6-7,10-11,14,18H,8-9H2,1-5H3/t3*16-;2*15-;14-/m000000/s1. The topological polar surface area (TPSA) is 572 Å². The lowest BCUT2D eigenvalue weighted by molar-refractivity contribution is -0.124. The highest BCUT2D eigenvalue weighted by atomic mass is 32.1. The molecule has 0 aliphatic rings. The molecular formula is C105H155N37O6S2. The van der Waals surface area contributed by atoms with Crippen LogP contribution in [0, 0.1) is 77.0 Å². The van der Waals surface area contributed by atoms with Crippen LogP contribution in [0.15, 0.2) is 96.2 Å². The molecule has 0 aliphatic carbocycles. The number of ketones is 6. The van der Waals surface area contributed by atoms with Gasteiger partial charge in [0, 0.05) is 161 Å². The second-order valence-electron chi connectivity index (χ2n) is 40.4. The molecule has 12 rings (SSSR count). The molecule has 0 saturated heterocycles. The molecule has 0 fully saturated rings. The lowest BCUT2D eigenvalue weighted by Gasteiger charge is -2.22. The zero-order valence-electron chi connectivity index (χ0n) is 92.7. The van der Waals surface area contributed by atoms with Crippen LogP contribution in [0.25, 0.3) is 0 Å². The van der Waals surface area contributed by atoms with E-state index >= 15 is 0 Å². The van der Waals surface area contributed by atoms with Gasteiger partial charge in [0.05, 0.1) is 54.9 Å². The number of pyridine rings is 4. The van der Waals surface area contributed by atoms with Crippen molar-refractivity contribution < 1.29 is 28.8 Å². The summed E-state index contributed by atoms with van der Waals surface area (Å²) in [6.07, 6.45) is 12.6. The van der Waals surface area contributed by atoms with Gasteiger partial charge in [-0.2, -0.15) is 0 Å². The molecule has 12 aromatic heterocycles. The lowest BCUT2D eigenvalue weighted by atomic mass is 9.95. The Morgan fingerprint density at radius 2 is 0.587 bits per heavy atom. The van der Waals surface area contributed by atoms with Crippen molar-refractivity contribution in [3.8, 4) is 0 Å². The highest BCUT2D eigenvalue weighted by Crippen LogP contribution is 2.25. The maximum absolute atomic E-state index is 12.5. The third-order valence-electron chi connectivity index (χ3n) is 22.0. The largest absolute Gasteiger partial charge is 0.347 e. The van der Waals surface area contributed by atoms with Gasteiger partial charge < -0.3 is 47.9 Å². The van der Waals surface area contributed by atoms with E-state index in [1.807, 2.05) is 205 Å². The van der Waals surface area contributed by atoms with E-state index < -0.39 is 0 Å². The van der Waals surface area contributed by atoms with Gasteiger partial charge in [-0.05, 0) is 148 Å². The molecule has 0 saturated carbocycles. The Hall–Kier alpha value is -13.2. The van der Waals surface area contributed by atoms with E-state index in [-0.39, 0.29) is 143 Å². The fourth-order valence-electron chi connectivity index (χ4n) is 14.7. The summed E-state index contributed by atoms with van der Waals surface area (Å²) in [4.78, 5) is 94.7. The van der Waals surface area contributed by atoms with Crippen LogP contribution in [0.1, 0.15) is 279 Å². The number of nitrogens with one attached hydrogen (secondary N) is 9. The molecule has 0 amide bonds. The quantitative estimate of drug-likeness (QED) is 0.0171. The van der Waals surface area contributed by atoms with Crippen LogP contribution >= 0.6 is 22.7 Å². The Kier molecular flexibility index (Phi) is 52.6. The summed E-state index contributed by atoms with van der Waals surface area (Å²) < 4.78 is 0. The maximum Gasteiger partial charge on any atom is 0.266 e. The molecular weight excluding hydrogens is 1940 g/mol. The lowest BCUT2D eigenvalue weighted by Crippen LogP contribution is -2.44. The third-order valence-corrected chi connectivity index (χ3v) is 23.9. The number of carbonyl (C=O) groups excluding carboxylic acids is 6. The molecule has 808 valence electrons. The van der Waals surface area contributed by atoms with Crippen LogP contribution in [-0.2, 0) is 99.6 Å². The molecule has 0 radical (unpaired) electrons. The van der Waals surface area contributed by atoms with Crippen molar-refractivity contribution >= 4 is 80.9 Å². The van der Waals surface area contributed by atoms with Gasteiger partial charge in [0.25, 0.3) is 17.8 Å². The average Bonchev–Trinajstić information content (AvgIpc) is 1.72. The van der Waals surface area contributed by atoms with E-state index in [4.69, 9.17) is 0 Å². The first kappa shape index (κ1) is 124. The predicted octanol–water partition coefficient (Wildman–Crippen LogP) is 11.7. The predicted molar refractivity (Wildman–Crippen MR) is 580 cm³/mol. The van der Waals surface area contributed by atoms with E-state index in [1.54, 1.807) is 76.6 Å². The Bertz CT molecular complexity index is 5880. The number of aryl methyl sites for hydroxylation is 6. The van der Waals surface area contributed by atoms with Crippen LogP contribution in [-0.4, -0.2) is 250 Å². The molecule has 0 unspecified atom stereocenters. The number of carbonyl (C=O) groups is 6. The number of aromatic nitrogens is 28. The van der Waals surface area contributed by atoms with Crippen LogP contribution in [0.5, 0.6) is 0 Å². The number of hydrogen-bond acceptors (Lipinski definition) is 45. The van der Waals surface area contributed by atoms with Crippen molar-refractivity contribution in [1.29, 1.82) is 0 Å². The van der Waals surface area contributed by atoms with Crippen molar-refractivity contribution in [1.82, 2.24) is 174 Å². The molecule has 0 spiro atoms. The smallest absolute Gasteiger partial charge is 0.266 e. The summed E-state index contributed by atoms with van der Waals surface area (Å²) in [7, 11) is 0. The van der Waals surface area contributed by atoms with E-state index in [2.05, 4.69) is 235 Å². The average molecular weight is 2100 g/mol. The molecule has 0 aromatic carbocycles. The normalized spacial score (nSPS) is 12.6. The minimum Gasteiger partial charge on any atom is -0.347 e. The zero-order valence-corrected chi connectivity index (χ0v) is 94.3. The van der Waals surface area contributed by atoms with E-state index in [0.29, 0.717) is 141 Å². The van der Waals surface area contributed by atoms with Crippen molar-refractivity contribution in [2.24, 2.45) is 35.5 Å². The van der Waals surface area contributed by atoms with Crippen LogP contribution in [0.4, 0.5) is 23.5 Å². The molecule has 6 atom stereocenters. The van der Waals surface area contributed by atoms with Crippen molar-refractivity contribution in [2.75, 3.05) is 16.0 Å². The minimum absolute atomic E-state index is 0.000546. The van der Waals surface area contributed by atoms with Gasteiger partial charge in [-0.15, -0.1) is 145 Å². The van der Waals surface area contributed by atoms with Gasteiger partial charge in [0.15, 0.2) is 87.1 Å². The van der Waals surface area contributed by atoms with Gasteiger partial charge >= 0.3 is 0 Å². The number of hydrogen-bond donors (Lipinski definition) is 9. The van der Waals surface area contributed by atoms with Gasteiger partial charge in [-0.1, -0.05) is 184 Å². The maximum atomic E-state index is 12.5. The van der Waals surface area contributed by atoms with Gasteiger partial charge in [-0.3, -0.25) is 48.7 Å². The van der Waals surface area contributed by atoms with Gasteiger partial charge in [0.2, 0.25) is 0 Å².